The molecule has 2 N–H and O–H groups in total. The van der Waals surface area contributed by atoms with E-state index in [-0.39, 0.29) is 11.6 Å². The molecule has 1 spiro atoms. The lowest BCUT2D eigenvalue weighted by atomic mass is 9.73. The van der Waals surface area contributed by atoms with Crippen LogP contribution in [0.4, 0.5) is 11.4 Å². The molecule has 2 saturated heterocycles. The van der Waals surface area contributed by atoms with E-state index in [2.05, 4.69) is 22.0 Å². The zero-order chi connectivity index (χ0) is 26.5. The Labute approximate surface area is 222 Å². The highest BCUT2D eigenvalue weighted by atomic mass is 16.5. The van der Waals surface area contributed by atoms with Gasteiger partial charge in [-0.05, 0) is 49.2 Å². The van der Waals surface area contributed by atoms with Crippen molar-refractivity contribution in [1.29, 1.82) is 0 Å². The van der Waals surface area contributed by atoms with Crippen molar-refractivity contribution in [3.8, 4) is 17.2 Å². The third kappa shape index (κ3) is 5.73. The van der Waals surface area contributed by atoms with E-state index in [9.17, 15) is 9.59 Å². The Hall–Kier alpha value is -4.11. The first-order valence-electron chi connectivity index (χ1n) is 12.8. The monoisotopic (exact) mass is 516 g/mol. The predicted octanol–water partition coefficient (Wildman–Crippen LogP) is 4.02. The molecule has 9 heteroatoms. The van der Waals surface area contributed by atoms with Gasteiger partial charge in [0.25, 0.3) is 5.91 Å². The summed E-state index contributed by atoms with van der Waals surface area (Å²) in [4.78, 5) is 30.9. The molecule has 198 valence electrons. The Balaban J connectivity index is 0.000000163. The van der Waals surface area contributed by atoms with Crippen LogP contribution in [0.5, 0.6) is 17.2 Å². The van der Waals surface area contributed by atoms with Gasteiger partial charge in [-0.2, -0.15) is 0 Å². The van der Waals surface area contributed by atoms with Crippen molar-refractivity contribution in [3.05, 3.63) is 72.6 Å². The first-order valence-corrected chi connectivity index (χ1v) is 12.8. The lowest BCUT2D eigenvalue weighted by molar-refractivity contribution is -0.118. The van der Waals surface area contributed by atoms with Gasteiger partial charge < -0.3 is 29.7 Å². The maximum Gasteiger partial charge on any atom is 0.267 e. The number of nitrogens with two attached hydrogens (primary N) is 1. The normalized spacial score (nSPS) is 17.8. The fraction of sp³-hybridized carbons (Fsp3) is 0.345. The zero-order valence-corrected chi connectivity index (χ0v) is 21.5. The molecule has 0 bridgehead atoms. The van der Waals surface area contributed by atoms with Gasteiger partial charge in [-0.25, -0.2) is 0 Å². The summed E-state index contributed by atoms with van der Waals surface area (Å²) in [6.45, 7) is 4.43. The van der Waals surface area contributed by atoms with E-state index in [1.165, 1.54) is 18.0 Å². The molecule has 0 unspecified atom stereocenters. The van der Waals surface area contributed by atoms with Gasteiger partial charge in [0.05, 0.1) is 18.7 Å². The molecule has 9 nitrogen and oxygen atoms in total. The van der Waals surface area contributed by atoms with Crippen LogP contribution in [0.1, 0.15) is 29.8 Å². The molecule has 3 aromatic rings. The first kappa shape index (κ1) is 25.5. The minimum absolute atomic E-state index is 0.111. The molecule has 0 aliphatic carbocycles. The van der Waals surface area contributed by atoms with E-state index in [1.54, 1.807) is 11.0 Å². The van der Waals surface area contributed by atoms with Crippen LogP contribution in [0.15, 0.2) is 66.9 Å². The Morgan fingerprint density at radius 3 is 2.50 bits per heavy atom. The molecule has 38 heavy (non-hydrogen) atoms. The van der Waals surface area contributed by atoms with Gasteiger partial charge in [0.1, 0.15) is 22.9 Å². The van der Waals surface area contributed by atoms with Gasteiger partial charge in [-0.1, -0.05) is 18.2 Å². The Kier molecular flexibility index (Phi) is 7.46. The Bertz CT molecular complexity index is 1290. The number of hydrogen-bond donors (Lipinski definition) is 1. The van der Waals surface area contributed by atoms with Gasteiger partial charge in [-0.15, -0.1) is 0 Å². The second-order valence-corrected chi connectivity index (χ2v) is 9.83. The summed E-state index contributed by atoms with van der Waals surface area (Å²) in [5.41, 5.74) is 7.82. The zero-order valence-electron chi connectivity index (χ0n) is 21.5. The molecule has 0 saturated carbocycles. The summed E-state index contributed by atoms with van der Waals surface area (Å²) in [6, 6.07) is 18.6. The first-order chi connectivity index (χ1) is 18.4. The number of fused-ring (bicyclic) bond motifs is 1. The number of carbonyl (C=O) groups excluding carboxylic acids is 2. The van der Waals surface area contributed by atoms with Crippen LogP contribution in [0.3, 0.4) is 0 Å². The number of pyridine rings is 1. The SMILES string of the molecule is CN1C(=O)CCOc2ccc(N3CC4(CCOCC4)C3)cc21.NC(=O)c1cc(Oc2ccccc2)ccn1. The lowest BCUT2D eigenvalue weighted by Crippen LogP contribution is -2.58. The van der Waals surface area contributed by atoms with Gasteiger partial charge in [0.15, 0.2) is 0 Å². The van der Waals surface area contributed by atoms with Crippen LogP contribution in [0.2, 0.25) is 0 Å². The van der Waals surface area contributed by atoms with E-state index in [0.717, 1.165) is 50.6 Å². The molecule has 4 heterocycles. The highest BCUT2D eigenvalue weighted by Crippen LogP contribution is 2.44. The molecule has 0 atom stereocenters. The summed E-state index contributed by atoms with van der Waals surface area (Å²) in [6.07, 6.45) is 4.25. The fourth-order valence-corrected chi connectivity index (χ4v) is 4.94. The van der Waals surface area contributed by atoms with Gasteiger partial charge in [-0.3, -0.25) is 14.6 Å². The van der Waals surface area contributed by atoms with Crippen LogP contribution in [-0.2, 0) is 9.53 Å². The number of para-hydroxylation sites is 1. The Morgan fingerprint density at radius 2 is 1.76 bits per heavy atom. The molecule has 6 rings (SSSR count). The number of aromatic nitrogens is 1. The van der Waals surface area contributed by atoms with E-state index in [0.29, 0.717) is 29.9 Å². The van der Waals surface area contributed by atoms with Gasteiger partial charge in [0.2, 0.25) is 5.91 Å². The number of benzene rings is 2. The van der Waals surface area contributed by atoms with Crippen LogP contribution in [0.25, 0.3) is 0 Å². The van der Waals surface area contributed by atoms with Crippen molar-refractivity contribution in [1.82, 2.24) is 4.98 Å². The number of amides is 2. The number of hydrogen-bond acceptors (Lipinski definition) is 7. The average molecular weight is 517 g/mol. The number of rotatable bonds is 4. The molecule has 0 radical (unpaired) electrons. The second kappa shape index (κ2) is 11.1. The fourth-order valence-electron chi connectivity index (χ4n) is 4.94. The number of ether oxygens (including phenoxy) is 3. The number of primary amides is 1. The smallest absolute Gasteiger partial charge is 0.267 e. The molecule has 2 amide bonds. The largest absolute Gasteiger partial charge is 0.491 e. The van der Waals surface area contributed by atoms with Crippen molar-refractivity contribution >= 4 is 23.2 Å². The maximum atomic E-state index is 12.0. The molecule has 2 fully saturated rings. The van der Waals surface area contributed by atoms with E-state index >= 15 is 0 Å². The van der Waals surface area contributed by atoms with Crippen molar-refractivity contribution < 1.29 is 23.8 Å². The summed E-state index contributed by atoms with van der Waals surface area (Å²) in [5, 5.41) is 0. The highest BCUT2D eigenvalue weighted by molar-refractivity contribution is 5.95. The second-order valence-electron chi connectivity index (χ2n) is 9.83. The minimum atomic E-state index is -0.571. The quantitative estimate of drug-likeness (QED) is 0.558. The van der Waals surface area contributed by atoms with Crippen LogP contribution >= 0.6 is 0 Å². The summed E-state index contributed by atoms with van der Waals surface area (Å²) >= 11 is 0. The summed E-state index contributed by atoms with van der Waals surface area (Å²) in [5.74, 6) is 1.58. The topological polar surface area (TPSA) is 107 Å². The molecule has 1 aromatic heterocycles. The van der Waals surface area contributed by atoms with Crippen LogP contribution in [0, 0.1) is 5.41 Å². The third-order valence-electron chi connectivity index (χ3n) is 7.19. The average Bonchev–Trinajstić information content (AvgIpc) is 3.06. The number of anilines is 2. The molecular formula is C29H32N4O5. The molecule has 3 aliphatic rings. The number of nitrogens with zero attached hydrogens (tertiary/aromatic N) is 3. The summed E-state index contributed by atoms with van der Waals surface area (Å²) < 4.78 is 16.7. The standard InChI is InChI=1S/C17H22N2O3.C12H10N2O2/c1-18-14-10-13(2-3-15(14)22-7-4-16(18)20)19-11-17(12-19)5-8-21-9-6-17;13-12(15)11-8-10(6-7-14-11)16-9-4-2-1-3-5-9/h2-3,10H,4-9,11-12H2,1H3;1-8H,(H2,13,15). The van der Waals surface area contributed by atoms with Gasteiger partial charge in [0, 0.05) is 56.7 Å². The summed E-state index contributed by atoms with van der Waals surface area (Å²) in [7, 11) is 1.83. The van der Waals surface area contributed by atoms with Gasteiger partial charge >= 0.3 is 0 Å². The van der Waals surface area contributed by atoms with Crippen molar-refractivity contribution in [2.45, 2.75) is 19.3 Å². The van der Waals surface area contributed by atoms with E-state index in [4.69, 9.17) is 19.9 Å². The maximum absolute atomic E-state index is 12.0. The van der Waals surface area contributed by atoms with E-state index < -0.39 is 5.91 Å². The van der Waals surface area contributed by atoms with Crippen LogP contribution in [-0.4, -0.2) is 56.8 Å². The predicted molar refractivity (Wildman–Crippen MR) is 144 cm³/mol. The Morgan fingerprint density at radius 1 is 1.00 bits per heavy atom. The molecular weight excluding hydrogens is 484 g/mol. The van der Waals surface area contributed by atoms with Crippen molar-refractivity contribution in [2.75, 3.05) is 49.8 Å². The highest BCUT2D eigenvalue weighted by Gasteiger charge is 2.44. The third-order valence-corrected chi connectivity index (χ3v) is 7.19. The van der Waals surface area contributed by atoms with Crippen molar-refractivity contribution in [3.63, 3.8) is 0 Å². The molecule has 3 aliphatic heterocycles. The minimum Gasteiger partial charge on any atom is -0.491 e. The lowest BCUT2D eigenvalue weighted by Gasteiger charge is -2.53. The van der Waals surface area contributed by atoms with E-state index in [1.807, 2.05) is 43.4 Å². The molecule has 2 aromatic carbocycles. The van der Waals surface area contributed by atoms with Crippen LogP contribution < -0.4 is 25.0 Å². The van der Waals surface area contributed by atoms with Crippen molar-refractivity contribution in [2.24, 2.45) is 11.1 Å². The number of carbonyl (C=O) groups is 2.